The molecule has 0 aromatic heterocycles. The molecule has 7 nitrogen and oxygen atoms in total. The number of halogens is 1. The summed E-state index contributed by atoms with van der Waals surface area (Å²) in [7, 11) is 0. The van der Waals surface area contributed by atoms with Crippen molar-refractivity contribution in [1.29, 1.82) is 0 Å². The zero-order valence-electron chi connectivity index (χ0n) is 11.4. The maximum atomic E-state index is 11.7. The molecule has 0 spiro atoms. The van der Waals surface area contributed by atoms with Crippen LogP contribution in [0.2, 0.25) is 5.02 Å². The molecule has 3 amide bonds. The number of imide groups is 1. The summed E-state index contributed by atoms with van der Waals surface area (Å²) in [6, 6.07) is 3.59. The lowest BCUT2D eigenvalue weighted by atomic mass is 10.2. The lowest BCUT2D eigenvalue weighted by molar-refractivity contribution is -0.123. The number of carbonyl (C=O) groups excluding carboxylic acids is 3. The highest BCUT2D eigenvalue weighted by Crippen LogP contribution is 2.19. The molecule has 1 rings (SSSR count). The van der Waals surface area contributed by atoms with Crippen molar-refractivity contribution in [2.24, 2.45) is 0 Å². The third-order valence-corrected chi connectivity index (χ3v) is 2.70. The Bertz CT molecular complexity index is 548. The minimum atomic E-state index is -0.734. The molecule has 0 atom stereocenters. The van der Waals surface area contributed by atoms with Crippen molar-refractivity contribution in [3.8, 4) is 0 Å². The summed E-state index contributed by atoms with van der Waals surface area (Å²) < 4.78 is 4.76. The average molecular weight is 314 g/mol. The molecule has 1 aromatic carbocycles. The molecule has 0 saturated heterocycles. The van der Waals surface area contributed by atoms with Gasteiger partial charge in [-0.3, -0.25) is 10.1 Å². The van der Waals surface area contributed by atoms with Crippen LogP contribution < -0.4 is 16.4 Å². The van der Waals surface area contributed by atoms with E-state index in [1.807, 2.05) is 12.2 Å². The molecule has 0 aliphatic rings. The van der Waals surface area contributed by atoms with E-state index >= 15 is 0 Å². The Hall–Kier alpha value is -2.28. The summed E-state index contributed by atoms with van der Waals surface area (Å²) in [4.78, 5) is 34.2. The first-order chi connectivity index (χ1) is 9.93. The van der Waals surface area contributed by atoms with Crippen molar-refractivity contribution >= 4 is 35.2 Å². The summed E-state index contributed by atoms with van der Waals surface area (Å²) in [5, 5.41) is 4.80. The van der Waals surface area contributed by atoms with Gasteiger partial charge in [0.25, 0.3) is 5.91 Å². The van der Waals surface area contributed by atoms with E-state index in [1.54, 1.807) is 0 Å². The summed E-state index contributed by atoms with van der Waals surface area (Å²) in [6.45, 7) is 1.76. The highest BCUT2D eigenvalue weighted by Gasteiger charge is 2.13. The van der Waals surface area contributed by atoms with Gasteiger partial charge in [0.1, 0.15) is 0 Å². The second-order valence-electron chi connectivity index (χ2n) is 4.12. The molecule has 0 aliphatic heterocycles. The smallest absolute Gasteiger partial charge is 0.338 e. The number of nitrogens with one attached hydrogen (secondary N) is 2. The number of esters is 1. The monoisotopic (exact) mass is 313 g/mol. The van der Waals surface area contributed by atoms with Crippen molar-refractivity contribution in [3.63, 3.8) is 0 Å². The molecule has 0 heterocycles. The van der Waals surface area contributed by atoms with Crippen LogP contribution in [0.25, 0.3) is 0 Å². The van der Waals surface area contributed by atoms with Crippen LogP contribution in [0.3, 0.4) is 0 Å². The predicted molar refractivity (Wildman–Crippen MR) is 78.0 cm³/mol. The number of carbonyl (C=O) groups is 3. The van der Waals surface area contributed by atoms with Gasteiger partial charge in [0.2, 0.25) is 0 Å². The molecular weight excluding hydrogens is 298 g/mol. The van der Waals surface area contributed by atoms with Crippen LogP contribution in [0.1, 0.15) is 23.7 Å². The Morgan fingerprint density at radius 3 is 2.67 bits per heavy atom. The molecule has 0 aliphatic carbocycles. The van der Waals surface area contributed by atoms with Crippen molar-refractivity contribution in [3.05, 3.63) is 28.8 Å². The normalized spacial score (nSPS) is 9.81. The van der Waals surface area contributed by atoms with Gasteiger partial charge in [-0.05, 0) is 24.6 Å². The minimum absolute atomic E-state index is 0.167. The lowest BCUT2D eigenvalue weighted by Crippen LogP contribution is -2.41. The van der Waals surface area contributed by atoms with Crippen LogP contribution in [0.15, 0.2) is 18.2 Å². The van der Waals surface area contributed by atoms with Gasteiger partial charge in [0.05, 0.1) is 16.3 Å². The number of nitrogen functional groups attached to an aromatic ring is 1. The van der Waals surface area contributed by atoms with E-state index in [9.17, 15) is 14.4 Å². The van der Waals surface area contributed by atoms with E-state index in [0.29, 0.717) is 11.6 Å². The number of anilines is 1. The SMILES string of the molecule is CCCNC(=O)NC(=O)COC(=O)c1ccc(Cl)c(N)c1. The van der Waals surface area contributed by atoms with Crippen LogP contribution in [-0.2, 0) is 9.53 Å². The van der Waals surface area contributed by atoms with E-state index in [-0.39, 0.29) is 11.3 Å². The first-order valence-electron chi connectivity index (χ1n) is 6.24. The van der Waals surface area contributed by atoms with E-state index in [1.165, 1.54) is 18.2 Å². The van der Waals surface area contributed by atoms with Gasteiger partial charge in [0.15, 0.2) is 6.61 Å². The van der Waals surface area contributed by atoms with Crippen LogP contribution in [0.5, 0.6) is 0 Å². The third-order valence-electron chi connectivity index (χ3n) is 2.35. The third kappa shape index (κ3) is 5.70. The summed E-state index contributed by atoms with van der Waals surface area (Å²) in [5.41, 5.74) is 5.95. The molecule has 0 radical (unpaired) electrons. The summed E-state index contributed by atoms with van der Waals surface area (Å²) in [5.74, 6) is -1.46. The average Bonchev–Trinajstić information content (AvgIpc) is 2.45. The molecule has 21 heavy (non-hydrogen) atoms. The highest BCUT2D eigenvalue weighted by molar-refractivity contribution is 6.33. The predicted octanol–water partition coefficient (Wildman–Crippen LogP) is 1.31. The second kappa shape index (κ2) is 8.11. The first-order valence-corrected chi connectivity index (χ1v) is 6.61. The molecule has 8 heteroatoms. The molecule has 114 valence electrons. The Balaban J connectivity index is 2.43. The maximum Gasteiger partial charge on any atom is 0.338 e. The van der Waals surface area contributed by atoms with Crippen molar-refractivity contribution in [1.82, 2.24) is 10.6 Å². The maximum absolute atomic E-state index is 11.7. The Morgan fingerprint density at radius 2 is 2.05 bits per heavy atom. The first kappa shape index (κ1) is 16.8. The number of hydrogen-bond acceptors (Lipinski definition) is 5. The van der Waals surface area contributed by atoms with Gasteiger partial charge in [-0.15, -0.1) is 0 Å². The Morgan fingerprint density at radius 1 is 1.33 bits per heavy atom. The number of amides is 3. The van der Waals surface area contributed by atoms with Gasteiger partial charge in [-0.1, -0.05) is 18.5 Å². The Labute approximate surface area is 126 Å². The van der Waals surface area contributed by atoms with Crippen LogP contribution in [-0.4, -0.2) is 31.1 Å². The fourth-order valence-corrected chi connectivity index (χ4v) is 1.45. The number of benzene rings is 1. The van der Waals surface area contributed by atoms with E-state index in [2.05, 4.69) is 5.32 Å². The fraction of sp³-hybridized carbons (Fsp3) is 0.308. The number of nitrogens with two attached hydrogens (primary N) is 1. The molecular formula is C13H16ClN3O4. The zero-order valence-corrected chi connectivity index (χ0v) is 12.2. The number of rotatable bonds is 5. The highest BCUT2D eigenvalue weighted by atomic mass is 35.5. The van der Waals surface area contributed by atoms with E-state index in [0.717, 1.165) is 6.42 Å². The van der Waals surface area contributed by atoms with Crippen molar-refractivity contribution in [2.75, 3.05) is 18.9 Å². The van der Waals surface area contributed by atoms with Gasteiger partial charge in [0, 0.05) is 6.54 Å². The van der Waals surface area contributed by atoms with Gasteiger partial charge >= 0.3 is 12.0 Å². The van der Waals surface area contributed by atoms with E-state index < -0.39 is 24.5 Å². The number of hydrogen-bond donors (Lipinski definition) is 3. The largest absolute Gasteiger partial charge is 0.452 e. The molecule has 1 aromatic rings. The summed E-state index contributed by atoms with van der Waals surface area (Å²) in [6.07, 6.45) is 0.745. The fourth-order valence-electron chi connectivity index (χ4n) is 1.33. The van der Waals surface area contributed by atoms with Gasteiger partial charge in [-0.2, -0.15) is 0 Å². The Kier molecular flexibility index (Phi) is 6.48. The second-order valence-corrected chi connectivity index (χ2v) is 4.52. The number of urea groups is 1. The van der Waals surface area contributed by atoms with Crippen molar-refractivity contribution in [2.45, 2.75) is 13.3 Å². The molecule has 0 fully saturated rings. The molecule has 0 unspecified atom stereocenters. The standard InChI is InChI=1S/C13H16ClN3O4/c1-2-5-16-13(20)17-11(18)7-21-12(19)8-3-4-9(14)10(15)6-8/h3-4,6H,2,5,7,15H2,1H3,(H2,16,17,18,20). The zero-order chi connectivity index (χ0) is 15.8. The van der Waals surface area contributed by atoms with Crippen LogP contribution in [0.4, 0.5) is 10.5 Å². The van der Waals surface area contributed by atoms with Crippen molar-refractivity contribution < 1.29 is 19.1 Å². The molecule has 0 bridgehead atoms. The van der Waals surface area contributed by atoms with Gasteiger partial charge in [-0.25, -0.2) is 9.59 Å². The lowest BCUT2D eigenvalue weighted by Gasteiger charge is -2.07. The summed E-state index contributed by atoms with van der Waals surface area (Å²) >= 11 is 5.73. The number of ether oxygens (including phenoxy) is 1. The van der Waals surface area contributed by atoms with Gasteiger partial charge < -0.3 is 15.8 Å². The van der Waals surface area contributed by atoms with E-state index in [4.69, 9.17) is 22.1 Å². The molecule has 4 N–H and O–H groups in total. The topological polar surface area (TPSA) is 111 Å². The molecule has 0 saturated carbocycles. The van der Waals surface area contributed by atoms with Crippen LogP contribution >= 0.6 is 11.6 Å². The minimum Gasteiger partial charge on any atom is -0.452 e. The quantitative estimate of drug-likeness (QED) is 0.561. The van der Waals surface area contributed by atoms with Crippen LogP contribution in [0, 0.1) is 0 Å².